The van der Waals surface area contributed by atoms with Crippen LogP contribution in [0.4, 0.5) is 0 Å². The first-order valence-corrected chi connectivity index (χ1v) is 8.43. The van der Waals surface area contributed by atoms with Gasteiger partial charge >= 0.3 is 0 Å². The molecule has 0 amide bonds. The molecule has 0 aliphatic carbocycles. The summed E-state index contributed by atoms with van der Waals surface area (Å²) in [5.41, 5.74) is 0. The van der Waals surface area contributed by atoms with Gasteiger partial charge in [0.25, 0.3) is 0 Å². The minimum atomic E-state index is -0.920. The van der Waals surface area contributed by atoms with Gasteiger partial charge in [-0.25, -0.2) is 0 Å². The van der Waals surface area contributed by atoms with E-state index in [1.54, 1.807) is 0 Å². The van der Waals surface area contributed by atoms with Gasteiger partial charge in [0.05, 0.1) is 14.7 Å². The first-order chi connectivity index (χ1) is 4.06. The van der Waals surface area contributed by atoms with Crippen LogP contribution in [0.25, 0.3) is 0 Å². The molecule has 0 unspecified atom stereocenters. The van der Waals surface area contributed by atoms with Gasteiger partial charge in [-0.05, 0) is 0 Å². The Morgan fingerprint density at radius 3 is 2.22 bits per heavy atom. The SMILES string of the molecule is C[Si](C)(C)COCCI. The third-order valence-electron chi connectivity index (χ3n) is 0.757. The Kier molecular flexibility index (Phi) is 5.15. The molecule has 0 atom stereocenters. The van der Waals surface area contributed by atoms with Gasteiger partial charge in [-0.15, -0.1) is 0 Å². The Hall–Kier alpha value is 0.907. The molecule has 0 spiro atoms. The summed E-state index contributed by atoms with van der Waals surface area (Å²) in [5, 5.41) is 0. The van der Waals surface area contributed by atoms with Gasteiger partial charge in [-0.1, -0.05) is 42.2 Å². The van der Waals surface area contributed by atoms with Crippen molar-refractivity contribution in [1.29, 1.82) is 0 Å². The van der Waals surface area contributed by atoms with Crippen molar-refractivity contribution in [2.45, 2.75) is 19.6 Å². The van der Waals surface area contributed by atoms with E-state index in [0.717, 1.165) is 17.3 Å². The average Bonchev–Trinajstić information content (AvgIpc) is 1.63. The highest BCUT2D eigenvalue weighted by atomic mass is 127. The summed E-state index contributed by atoms with van der Waals surface area (Å²) in [4.78, 5) is 0. The number of ether oxygens (including phenoxy) is 1. The van der Waals surface area contributed by atoms with Crippen LogP contribution in [0.3, 0.4) is 0 Å². The lowest BCUT2D eigenvalue weighted by atomic mass is 10.9. The highest BCUT2D eigenvalue weighted by Gasteiger charge is 2.11. The Morgan fingerprint density at radius 2 is 1.89 bits per heavy atom. The fraction of sp³-hybridized carbons (Fsp3) is 1.00. The van der Waals surface area contributed by atoms with E-state index in [0.29, 0.717) is 0 Å². The molecular weight excluding hydrogens is 243 g/mol. The molecule has 0 bridgehead atoms. The minimum absolute atomic E-state index is 0.920. The quantitative estimate of drug-likeness (QED) is 0.325. The molecule has 0 aliphatic heterocycles. The predicted molar refractivity (Wildman–Crippen MR) is 53.1 cm³/mol. The maximum Gasteiger partial charge on any atom is 0.0746 e. The molecule has 0 saturated carbocycles. The Morgan fingerprint density at radius 1 is 1.33 bits per heavy atom. The van der Waals surface area contributed by atoms with Gasteiger partial charge in [0.1, 0.15) is 0 Å². The van der Waals surface area contributed by atoms with Crippen LogP contribution in [0.1, 0.15) is 0 Å². The fourth-order valence-corrected chi connectivity index (χ4v) is 1.50. The first kappa shape index (κ1) is 9.91. The third-order valence-corrected chi connectivity index (χ3v) is 2.27. The molecule has 0 N–H and O–H groups in total. The van der Waals surface area contributed by atoms with Crippen molar-refractivity contribution in [3.05, 3.63) is 0 Å². The van der Waals surface area contributed by atoms with E-state index in [4.69, 9.17) is 4.74 Å². The van der Waals surface area contributed by atoms with Crippen LogP contribution in [0.15, 0.2) is 0 Å². The zero-order valence-electron chi connectivity index (χ0n) is 6.41. The molecule has 0 aromatic rings. The molecule has 0 rings (SSSR count). The van der Waals surface area contributed by atoms with Crippen molar-refractivity contribution >= 4 is 30.7 Å². The molecule has 1 nitrogen and oxygen atoms in total. The van der Waals surface area contributed by atoms with Crippen molar-refractivity contribution in [3.8, 4) is 0 Å². The van der Waals surface area contributed by atoms with E-state index in [1.807, 2.05) is 0 Å². The topological polar surface area (TPSA) is 9.23 Å². The second kappa shape index (κ2) is 4.68. The highest BCUT2D eigenvalue weighted by Crippen LogP contribution is 2.00. The van der Waals surface area contributed by atoms with Crippen LogP contribution in [-0.4, -0.2) is 25.3 Å². The normalized spacial score (nSPS) is 12.0. The number of rotatable bonds is 4. The maximum absolute atomic E-state index is 5.40. The number of hydrogen-bond acceptors (Lipinski definition) is 1. The number of hydrogen-bond donors (Lipinski definition) is 0. The summed E-state index contributed by atoms with van der Waals surface area (Å²) in [7, 11) is -0.920. The van der Waals surface area contributed by atoms with Crippen LogP contribution in [-0.2, 0) is 4.74 Å². The standard InChI is InChI=1S/C6H15IOSi/c1-9(2,3)6-8-5-4-7/h4-6H2,1-3H3. The fourth-order valence-electron chi connectivity index (χ4n) is 0.433. The maximum atomic E-state index is 5.40. The summed E-state index contributed by atoms with van der Waals surface area (Å²) in [5.74, 6) is 0. The summed E-state index contributed by atoms with van der Waals surface area (Å²) in [6.45, 7) is 7.88. The van der Waals surface area contributed by atoms with E-state index in [9.17, 15) is 0 Å². The molecule has 0 aliphatic rings. The molecule has 56 valence electrons. The van der Waals surface area contributed by atoms with Crippen molar-refractivity contribution < 1.29 is 4.74 Å². The lowest BCUT2D eigenvalue weighted by Gasteiger charge is -2.14. The zero-order chi connectivity index (χ0) is 7.33. The number of halogens is 1. The van der Waals surface area contributed by atoms with Crippen molar-refractivity contribution in [3.63, 3.8) is 0 Å². The summed E-state index contributed by atoms with van der Waals surface area (Å²) < 4.78 is 6.51. The van der Waals surface area contributed by atoms with Gasteiger partial charge < -0.3 is 4.74 Å². The molecular formula is C6H15IOSi. The van der Waals surface area contributed by atoms with Gasteiger partial charge in [0.15, 0.2) is 0 Å². The smallest absolute Gasteiger partial charge is 0.0746 e. The van der Waals surface area contributed by atoms with Crippen molar-refractivity contribution in [2.75, 3.05) is 17.3 Å². The van der Waals surface area contributed by atoms with Gasteiger partial charge in [0, 0.05) is 10.7 Å². The molecule has 0 aromatic carbocycles. The molecule has 9 heavy (non-hydrogen) atoms. The Labute approximate surface area is 72.3 Å². The van der Waals surface area contributed by atoms with E-state index in [1.165, 1.54) is 0 Å². The first-order valence-electron chi connectivity index (χ1n) is 3.20. The van der Waals surface area contributed by atoms with Crippen LogP contribution in [0.5, 0.6) is 0 Å². The van der Waals surface area contributed by atoms with Gasteiger partial charge in [-0.2, -0.15) is 0 Å². The Balaban J connectivity index is 3.07. The molecule has 0 aromatic heterocycles. The average molecular weight is 258 g/mol. The second-order valence-electron chi connectivity index (χ2n) is 3.30. The van der Waals surface area contributed by atoms with E-state index in [2.05, 4.69) is 42.2 Å². The predicted octanol–water partition coefficient (Wildman–Crippen LogP) is 2.32. The van der Waals surface area contributed by atoms with Crippen LogP contribution < -0.4 is 0 Å². The van der Waals surface area contributed by atoms with Crippen LogP contribution >= 0.6 is 22.6 Å². The second-order valence-corrected chi connectivity index (χ2v) is 9.79. The summed E-state index contributed by atoms with van der Waals surface area (Å²) >= 11 is 2.33. The van der Waals surface area contributed by atoms with Gasteiger partial charge in [0.2, 0.25) is 0 Å². The molecule has 0 radical (unpaired) electrons. The molecule has 0 heterocycles. The molecule has 3 heteroatoms. The van der Waals surface area contributed by atoms with Crippen LogP contribution in [0, 0.1) is 0 Å². The van der Waals surface area contributed by atoms with E-state index in [-0.39, 0.29) is 0 Å². The summed E-state index contributed by atoms with van der Waals surface area (Å²) in [6.07, 6.45) is 1.01. The summed E-state index contributed by atoms with van der Waals surface area (Å²) in [6, 6.07) is 0. The minimum Gasteiger partial charge on any atom is -0.384 e. The van der Waals surface area contributed by atoms with E-state index >= 15 is 0 Å². The van der Waals surface area contributed by atoms with Crippen LogP contribution in [0.2, 0.25) is 19.6 Å². The lowest BCUT2D eigenvalue weighted by Crippen LogP contribution is -2.28. The number of alkyl halides is 1. The molecule has 0 saturated heterocycles. The lowest BCUT2D eigenvalue weighted by molar-refractivity contribution is 0.193. The van der Waals surface area contributed by atoms with Gasteiger partial charge in [-0.3, -0.25) is 0 Å². The van der Waals surface area contributed by atoms with Crippen molar-refractivity contribution in [1.82, 2.24) is 0 Å². The third kappa shape index (κ3) is 8.91. The molecule has 0 fully saturated rings. The highest BCUT2D eigenvalue weighted by molar-refractivity contribution is 14.1. The van der Waals surface area contributed by atoms with E-state index < -0.39 is 8.07 Å². The zero-order valence-corrected chi connectivity index (χ0v) is 9.57. The Bertz CT molecular complexity index is 69.9. The monoisotopic (exact) mass is 258 g/mol. The van der Waals surface area contributed by atoms with Crippen molar-refractivity contribution in [2.24, 2.45) is 0 Å². The largest absolute Gasteiger partial charge is 0.384 e.